The molecule has 4 atom stereocenters. The van der Waals surface area contributed by atoms with Crippen LogP contribution in [0.5, 0.6) is 0 Å². The predicted molar refractivity (Wildman–Crippen MR) is 136 cm³/mol. The first-order valence-corrected chi connectivity index (χ1v) is 11.9. The number of rotatable bonds is 6. The van der Waals surface area contributed by atoms with Crippen molar-refractivity contribution in [2.45, 2.75) is 43.3 Å². The van der Waals surface area contributed by atoms with Crippen LogP contribution in [0.1, 0.15) is 34.9 Å². The maximum atomic E-state index is 12.5. The average Bonchev–Trinajstić information content (AvgIpc) is 3.29. The Morgan fingerprint density at radius 1 is 0.889 bits per heavy atom. The summed E-state index contributed by atoms with van der Waals surface area (Å²) in [5.41, 5.74) is 0.699. The van der Waals surface area contributed by atoms with E-state index >= 15 is 0 Å². The highest BCUT2D eigenvalue weighted by molar-refractivity contribution is 5.52. The van der Waals surface area contributed by atoms with Gasteiger partial charge in [0, 0.05) is 18.2 Å². The number of hydrogen-bond acceptors (Lipinski definition) is 5. The van der Waals surface area contributed by atoms with E-state index in [4.69, 9.17) is 4.74 Å². The summed E-state index contributed by atoms with van der Waals surface area (Å²) in [7, 11) is 0. The van der Waals surface area contributed by atoms with Gasteiger partial charge in [-0.15, -0.1) is 0 Å². The molecule has 1 saturated heterocycles. The zero-order chi connectivity index (χ0) is 25.3. The predicted octanol–water partition coefficient (Wildman–Crippen LogP) is 2.89. The lowest BCUT2D eigenvalue weighted by Gasteiger charge is -2.42. The van der Waals surface area contributed by atoms with Gasteiger partial charge in [-0.05, 0) is 23.6 Å². The average molecular weight is 485 g/mol. The van der Waals surface area contributed by atoms with Crippen molar-refractivity contribution in [3.63, 3.8) is 0 Å². The molecule has 36 heavy (non-hydrogen) atoms. The molecule has 1 aliphatic rings. The number of aliphatic hydroxyl groups is 2. The Morgan fingerprint density at radius 2 is 1.36 bits per heavy atom. The lowest BCUT2D eigenvalue weighted by molar-refractivity contribution is -0.0976. The number of aromatic nitrogens is 2. The number of benzene rings is 3. The Bertz CT molecular complexity index is 1340. The second kappa shape index (κ2) is 9.70. The third-order valence-corrected chi connectivity index (χ3v) is 7.03. The Morgan fingerprint density at radius 3 is 1.83 bits per heavy atom. The lowest BCUT2D eigenvalue weighted by atomic mass is 9.64. The molecular weight excluding hydrogens is 456 g/mol. The van der Waals surface area contributed by atoms with E-state index in [1.54, 1.807) is 6.92 Å². The summed E-state index contributed by atoms with van der Waals surface area (Å²) >= 11 is 0. The molecule has 184 valence electrons. The third-order valence-electron chi connectivity index (χ3n) is 7.03. The molecule has 0 bridgehead atoms. The van der Waals surface area contributed by atoms with Crippen molar-refractivity contribution < 1.29 is 14.9 Å². The topological polar surface area (TPSA) is 105 Å². The third kappa shape index (κ3) is 4.01. The van der Waals surface area contributed by atoms with E-state index in [-0.39, 0.29) is 6.42 Å². The molecular formula is C29H28N2O5. The molecule has 1 aliphatic heterocycles. The van der Waals surface area contributed by atoms with Crippen LogP contribution in [0.4, 0.5) is 0 Å². The molecule has 0 aliphatic carbocycles. The highest BCUT2D eigenvalue weighted by Crippen LogP contribution is 2.46. The van der Waals surface area contributed by atoms with Gasteiger partial charge in [-0.2, -0.15) is 0 Å². The van der Waals surface area contributed by atoms with E-state index < -0.39 is 41.2 Å². The van der Waals surface area contributed by atoms with Gasteiger partial charge in [0.05, 0.1) is 11.5 Å². The van der Waals surface area contributed by atoms with Crippen LogP contribution in [0.25, 0.3) is 0 Å². The number of aromatic amines is 1. The van der Waals surface area contributed by atoms with Gasteiger partial charge in [0.1, 0.15) is 18.4 Å². The molecule has 1 fully saturated rings. The fraction of sp³-hybridized carbons (Fsp3) is 0.241. The van der Waals surface area contributed by atoms with Crippen molar-refractivity contribution in [2.75, 3.05) is 0 Å². The van der Waals surface area contributed by atoms with Crippen LogP contribution in [0.3, 0.4) is 0 Å². The van der Waals surface area contributed by atoms with Gasteiger partial charge in [0.25, 0.3) is 5.56 Å². The first kappa shape index (κ1) is 23.9. The number of aliphatic hydroxyl groups excluding tert-OH is 2. The summed E-state index contributed by atoms with van der Waals surface area (Å²) in [4.78, 5) is 26.6. The zero-order valence-corrected chi connectivity index (χ0v) is 19.8. The van der Waals surface area contributed by atoms with E-state index in [1.165, 1.54) is 10.8 Å². The van der Waals surface area contributed by atoms with Crippen LogP contribution >= 0.6 is 0 Å². The highest BCUT2D eigenvalue weighted by Gasteiger charge is 2.52. The van der Waals surface area contributed by atoms with E-state index in [0.29, 0.717) is 5.56 Å². The largest absolute Gasteiger partial charge is 0.390 e. The van der Waals surface area contributed by atoms with Crippen molar-refractivity contribution >= 4 is 0 Å². The van der Waals surface area contributed by atoms with E-state index in [2.05, 4.69) is 4.98 Å². The monoisotopic (exact) mass is 484 g/mol. The molecule has 7 nitrogen and oxygen atoms in total. The normalized spacial score (nSPS) is 20.8. The van der Waals surface area contributed by atoms with E-state index in [1.807, 2.05) is 91.0 Å². The van der Waals surface area contributed by atoms with Crippen molar-refractivity contribution in [2.24, 2.45) is 0 Å². The fourth-order valence-corrected chi connectivity index (χ4v) is 5.29. The standard InChI is InChI=1S/C29H28N2O5/c1-19-18-31(28(35)30-27(19)34)24-17-23(32)25(36-24)26(33)29(20-11-5-2-6-12-20,21-13-7-3-8-14-21)22-15-9-4-10-16-22/h2-16,18,23-26,32-33H,17H2,1H3,(H,30,34,35)/t23-,24+,25-,26?/m0/s1. The second-order valence-electron chi connectivity index (χ2n) is 9.19. The fourth-order valence-electron chi connectivity index (χ4n) is 5.29. The molecule has 3 aromatic carbocycles. The minimum absolute atomic E-state index is 0.0849. The van der Waals surface area contributed by atoms with Gasteiger partial charge in [0.2, 0.25) is 0 Å². The molecule has 1 unspecified atom stereocenters. The lowest BCUT2D eigenvalue weighted by Crippen LogP contribution is -2.51. The van der Waals surface area contributed by atoms with Gasteiger partial charge in [-0.3, -0.25) is 14.3 Å². The summed E-state index contributed by atoms with van der Waals surface area (Å²) in [6.45, 7) is 1.59. The summed E-state index contributed by atoms with van der Waals surface area (Å²) in [6.07, 6.45) is -2.63. The van der Waals surface area contributed by atoms with E-state index in [9.17, 15) is 19.8 Å². The van der Waals surface area contributed by atoms with Crippen LogP contribution in [-0.2, 0) is 10.2 Å². The van der Waals surface area contributed by atoms with Crippen molar-refractivity contribution in [1.29, 1.82) is 0 Å². The second-order valence-corrected chi connectivity index (χ2v) is 9.19. The van der Waals surface area contributed by atoms with Crippen molar-refractivity contribution in [3.05, 3.63) is 140 Å². The molecule has 0 spiro atoms. The Balaban J connectivity index is 1.66. The van der Waals surface area contributed by atoms with Crippen LogP contribution in [0, 0.1) is 6.92 Å². The quantitative estimate of drug-likeness (QED) is 0.365. The molecule has 0 radical (unpaired) electrons. The Hall–Kier alpha value is -3.78. The number of H-pyrrole nitrogens is 1. The Kier molecular flexibility index (Phi) is 6.45. The van der Waals surface area contributed by atoms with E-state index in [0.717, 1.165) is 16.7 Å². The van der Waals surface area contributed by atoms with Crippen LogP contribution in [0.15, 0.2) is 107 Å². The summed E-state index contributed by atoms with van der Waals surface area (Å²) in [6, 6.07) is 29.0. The van der Waals surface area contributed by atoms with Crippen LogP contribution in [-0.4, -0.2) is 38.1 Å². The molecule has 5 rings (SSSR count). The number of nitrogens with one attached hydrogen (secondary N) is 1. The van der Waals surface area contributed by atoms with Gasteiger partial charge in [0.15, 0.2) is 0 Å². The maximum Gasteiger partial charge on any atom is 0.330 e. The zero-order valence-electron chi connectivity index (χ0n) is 19.8. The molecule has 2 heterocycles. The summed E-state index contributed by atoms with van der Waals surface area (Å²) in [5, 5.41) is 23.3. The van der Waals surface area contributed by atoms with Crippen LogP contribution in [0.2, 0.25) is 0 Å². The van der Waals surface area contributed by atoms with Gasteiger partial charge in [-0.1, -0.05) is 91.0 Å². The first-order valence-electron chi connectivity index (χ1n) is 11.9. The minimum atomic E-state index is -1.22. The number of nitrogens with zero attached hydrogens (tertiary/aromatic N) is 1. The van der Waals surface area contributed by atoms with Gasteiger partial charge in [-0.25, -0.2) is 4.79 Å². The minimum Gasteiger partial charge on any atom is -0.390 e. The molecule has 4 aromatic rings. The smallest absolute Gasteiger partial charge is 0.330 e. The molecule has 3 N–H and O–H groups in total. The highest BCUT2D eigenvalue weighted by atomic mass is 16.5. The van der Waals surface area contributed by atoms with Crippen molar-refractivity contribution in [3.8, 4) is 0 Å². The molecule has 0 amide bonds. The molecule has 7 heteroatoms. The Labute approximate surface area is 208 Å². The molecule has 0 saturated carbocycles. The van der Waals surface area contributed by atoms with Gasteiger partial charge < -0.3 is 14.9 Å². The van der Waals surface area contributed by atoms with Crippen molar-refractivity contribution in [1.82, 2.24) is 9.55 Å². The SMILES string of the molecule is Cc1cn([C@H]2C[C@H](O)[C@@H](C(O)C(c3ccccc3)(c3ccccc3)c3ccccc3)O2)c(=O)[nH]c1=O. The maximum absolute atomic E-state index is 12.5. The molecule has 1 aromatic heterocycles. The summed E-state index contributed by atoms with van der Waals surface area (Å²) in [5.74, 6) is 0. The number of hydrogen-bond donors (Lipinski definition) is 3. The number of ether oxygens (including phenoxy) is 1. The first-order chi connectivity index (χ1) is 17.4. The number of aryl methyl sites for hydroxylation is 1. The summed E-state index contributed by atoms with van der Waals surface area (Å²) < 4.78 is 7.47. The van der Waals surface area contributed by atoms with Gasteiger partial charge >= 0.3 is 5.69 Å². The van der Waals surface area contributed by atoms with Crippen LogP contribution < -0.4 is 11.2 Å².